The Morgan fingerprint density at radius 2 is 0.860 bits per heavy atom. The highest BCUT2D eigenvalue weighted by atomic mass is 32.1. The number of aromatic nitrogens is 5. The van der Waals surface area contributed by atoms with Crippen LogP contribution in [0, 0.1) is 0 Å². The monoisotopic (exact) mass is 745 g/mol. The van der Waals surface area contributed by atoms with Crippen LogP contribution in [-0.2, 0) is 0 Å². The van der Waals surface area contributed by atoms with Gasteiger partial charge < -0.3 is 0 Å². The Kier molecular flexibility index (Phi) is 7.03. The Balaban J connectivity index is 1.14. The summed E-state index contributed by atoms with van der Waals surface area (Å²) < 4.78 is 6.96. The molecule has 0 spiro atoms. The van der Waals surface area contributed by atoms with Crippen LogP contribution in [0.3, 0.4) is 0 Å². The molecule has 0 saturated heterocycles. The third-order valence-electron chi connectivity index (χ3n) is 11.2. The van der Waals surface area contributed by atoms with Gasteiger partial charge in [-0.05, 0) is 58.7 Å². The van der Waals surface area contributed by atoms with E-state index in [1.165, 1.54) is 25.7 Å². The molecule has 0 fully saturated rings. The van der Waals surface area contributed by atoms with Gasteiger partial charge in [-0.2, -0.15) is 15.0 Å². The van der Waals surface area contributed by atoms with Gasteiger partial charge in [-0.15, -0.1) is 11.3 Å². The minimum absolute atomic E-state index is 0.560. The molecular formula is C51H31N5S. The van der Waals surface area contributed by atoms with Crippen molar-refractivity contribution < 1.29 is 0 Å². The SMILES string of the molecule is c1ccc(-c2ccc3c4ccccc4n(-c4nc(-c5cccc(-c6cccc7c6sc6ccccc67)c5)nc(-n5c6ccccc6c6ccccc65)n4)c3c2)cc1. The van der Waals surface area contributed by atoms with Crippen molar-refractivity contribution in [2.75, 3.05) is 0 Å². The van der Waals surface area contributed by atoms with E-state index in [2.05, 4.69) is 197 Å². The van der Waals surface area contributed by atoms with Crippen LogP contribution in [-0.4, -0.2) is 24.1 Å². The van der Waals surface area contributed by atoms with Crippen molar-refractivity contribution >= 4 is 75.1 Å². The number of hydrogen-bond donors (Lipinski definition) is 0. The molecule has 12 aromatic rings. The number of rotatable bonds is 5. The molecule has 4 aromatic heterocycles. The fraction of sp³-hybridized carbons (Fsp3) is 0. The first-order valence-corrected chi connectivity index (χ1v) is 19.9. The zero-order valence-electron chi connectivity index (χ0n) is 30.5. The van der Waals surface area contributed by atoms with Crippen molar-refractivity contribution in [2.24, 2.45) is 0 Å². The van der Waals surface area contributed by atoms with Gasteiger partial charge in [-0.1, -0.05) is 152 Å². The van der Waals surface area contributed by atoms with Crippen molar-refractivity contribution in [1.82, 2.24) is 24.1 Å². The summed E-state index contributed by atoms with van der Waals surface area (Å²) in [6, 6.07) is 66.7. The summed E-state index contributed by atoms with van der Waals surface area (Å²) >= 11 is 1.84. The Bertz CT molecular complexity index is 3490. The molecule has 0 saturated carbocycles. The maximum Gasteiger partial charge on any atom is 0.240 e. The van der Waals surface area contributed by atoms with E-state index in [9.17, 15) is 0 Å². The molecule has 0 aliphatic rings. The minimum atomic E-state index is 0.560. The zero-order chi connectivity index (χ0) is 37.5. The van der Waals surface area contributed by atoms with Gasteiger partial charge in [0, 0.05) is 47.3 Å². The molecule has 0 aliphatic heterocycles. The van der Waals surface area contributed by atoms with E-state index in [0.717, 1.165) is 65.9 Å². The summed E-state index contributed by atoms with van der Waals surface area (Å²) in [7, 11) is 0. The molecule has 0 aliphatic carbocycles. The molecule has 0 N–H and O–H groups in total. The van der Waals surface area contributed by atoms with E-state index >= 15 is 0 Å². The second kappa shape index (κ2) is 12.6. The Morgan fingerprint density at radius 3 is 1.56 bits per heavy atom. The van der Waals surface area contributed by atoms with Crippen molar-refractivity contribution in [3.05, 3.63) is 188 Å². The van der Waals surface area contributed by atoms with Crippen molar-refractivity contribution in [2.45, 2.75) is 0 Å². The molecule has 266 valence electrons. The maximum absolute atomic E-state index is 5.40. The highest BCUT2D eigenvalue weighted by molar-refractivity contribution is 7.26. The average Bonchev–Trinajstić information content (AvgIpc) is 3.94. The van der Waals surface area contributed by atoms with Gasteiger partial charge in [0.2, 0.25) is 11.9 Å². The van der Waals surface area contributed by atoms with Crippen LogP contribution >= 0.6 is 11.3 Å². The normalized spacial score (nSPS) is 11.9. The van der Waals surface area contributed by atoms with E-state index in [4.69, 9.17) is 15.0 Å². The summed E-state index contributed by atoms with van der Waals surface area (Å²) in [4.78, 5) is 16.1. The number of hydrogen-bond acceptors (Lipinski definition) is 4. The number of benzene rings is 8. The van der Waals surface area contributed by atoms with Crippen LogP contribution in [0.2, 0.25) is 0 Å². The second-order valence-corrected chi connectivity index (χ2v) is 15.5. The van der Waals surface area contributed by atoms with Gasteiger partial charge >= 0.3 is 0 Å². The molecule has 12 rings (SSSR count). The molecule has 57 heavy (non-hydrogen) atoms. The lowest BCUT2D eigenvalue weighted by Crippen LogP contribution is -2.10. The number of para-hydroxylation sites is 3. The quantitative estimate of drug-likeness (QED) is 0.176. The Morgan fingerprint density at radius 1 is 0.333 bits per heavy atom. The average molecular weight is 746 g/mol. The van der Waals surface area contributed by atoms with Crippen molar-refractivity contribution in [3.8, 4) is 45.5 Å². The molecule has 5 nitrogen and oxygen atoms in total. The molecule has 0 bridgehead atoms. The fourth-order valence-electron chi connectivity index (χ4n) is 8.62. The van der Waals surface area contributed by atoms with E-state index in [1.807, 2.05) is 11.3 Å². The molecular weight excluding hydrogens is 715 g/mol. The van der Waals surface area contributed by atoms with E-state index in [1.54, 1.807) is 0 Å². The number of thiophene rings is 1. The molecule has 6 heteroatoms. The van der Waals surface area contributed by atoms with Gasteiger partial charge in [-0.25, -0.2) is 0 Å². The minimum Gasteiger partial charge on any atom is -0.278 e. The van der Waals surface area contributed by atoms with Gasteiger partial charge in [0.1, 0.15) is 0 Å². The molecule has 0 atom stereocenters. The molecule has 0 amide bonds. The van der Waals surface area contributed by atoms with Crippen LogP contribution in [0.1, 0.15) is 0 Å². The zero-order valence-corrected chi connectivity index (χ0v) is 31.4. The summed E-state index contributed by atoms with van der Waals surface area (Å²) in [6.07, 6.45) is 0. The highest BCUT2D eigenvalue weighted by Crippen LogP contribution is 2.41. The topological polar surface area (TPSA) is 48.5 Å². The van der Waals surface area contributed by atoms with Crippen LogP contribution < -0.4 is 0 Å². The summed E-state index contributed by atoms with van der Waals surface area (Å²) in [5.74, 6) is 1.73. The van der Waals surface area contributed by atoms with Crippen LogP contribution in [0.25, 0.3) is 109 Å². The highest BCUT2D eigenvalue weighted by Gasteiger charge is 2.21. The molecule has 8 aromatic carbocycles. The molecule has 4 heterocycles. The number of fused-ring (bicyclic) bond motifs is 9. The smallest absolute Gasteiger partial charge is 0.240 e. The van der Waals surface area contributed by atoms with Crippen LogP contribution in [0.4, 0.5) is 0 Å². The largest absolute Gasteiger partial charge is 0.278 e. The summed E-state index contributed by atoms with van der Waals surface area (Å²) in [5.41, 5.74) is 9.68. The first kappa shape index (κ1) is 31.9. The predicted octanol–water partition coefficient (Wildman–Crippen LogP) is 13.4. The van der Waals surface area contributed by atoms with E-state index in [0.29, 0.717) is 17.7 Å². The lowest BCUT2D eigenvalue weighted by molar-refractivity contribution is 0.893. The Labute approximate surface area is 331 Å². The Hall–Kier alpha value is -7.41. The van der Waals surface area contributed by atoms with Gasteiger partial charge in [0.15, 0.2) is 5.82 Å². The maximum atomic E-state index is 5.40. The summed E-state index contributed by atoms with van der Waals surface area (Å²) in [6.45, 7) is 0. The molecule has 0 radical (unpaired) electrons. The van der Waals surface area contributed by atoms with Gasteiger partial charge in [0.25, 0.3) is 0 Å². The van der Waals surface area contributed by atoms with E-state index < -0.39 is 0 Å². The van der Waals surface area contributed by atoms with Gasteiger partial charge in [0.05, 0.1) is 22.1 Å². The van der Waals surface area contributed by atoms with Crippen molar-refractivity contribution in [1.29, 1.82) is 0 Å². The van der Waals surface area contributed by atoms with Crippen LogP contribution in [0.15, 0.2) is 188 Å². The van der Waals surface area contributed by atoms with Gasteiger partial charge in [-0.3, -0.25) is 9.13 Å². The predicted molar refractivity (Wildman–Crippen MR) is 238 cm³/mol. The third kappa shape index (κ3) is 4.98. The molecule has 0 unspecified atom stereocenters. The fourth-order valence-corrected chi connectivity index (χ4v) is 9.86. The first-order valence-electron chi connectivity index (χ1n) is 19.1. The van der Waals surface area contributed by atoms with Crippen LogP contribution in [0.5, 0.6) is 0 Å². The first-order chi connectivity index (χ1) is 28.3. The lowest BCUT2D eigenvalue weighted by atomic mass is 10.0. The number of nitrogens with zero attached hydrogens (tertiary/aromatic N) is 5. The second-order valence-electron chi connectivity index (χ2n) is 14.4. The standard InChI is InChI=1S/C51H31N5S/c1-2-14-32(15-3-1)33-28-29-40-39-20-6-10-26-45(39)56(46(40)31-33)51-53-49(52-50(54-51)55-43-24-8-4-18-37(43)38-19-5-9-25-44(38)55)35-17-12-16-34(30-35)36-22-13-23-42-41-21-7-11-27-47(41)57-48(36)42/h1-31H. The summed E-state index contributed by atoms with van der Waals surface area (Å²) in [5, 5.41) is 7.15. The van der Waals surface area contributed by atoms with E-state index in [-0.39, 0.29) is 0 Å². The lowest BCUT2D eigenvalue weighted by Gasteiger charge is -2.13. The van der Waals surface area contributed by atoms with Crippen molar-refractivity contribution in [3.63, 3.8) is 0 Å². The third-order valence-corrected chi connectivity index (χ3v) is 12.4.